The Morgan fingerprint density at radius 1 is 0.909 bits per heavy atom. The van der Waals surface area contributed by atoms with Crippen molar-refractivity contribution in [2.24, 2.45) is 22.7 Å². The number of nitrogens with one attached hydrogen (secondary N) is 1. The number of ether oxygens (including phenoxy) is 6. The third-order valence-electron chi connectivity index (χ3n) is 12.4. The third kappa shape index (κ3) is 7.65. The van der Waals surface area contributed by atoms with Gasteiger partial charge in [0.25, 0.3) is 0 Å². The van der Waals surface area contributed by atoms with Crippen LogP contribution in [-0.4, -0.2) is 84.6 Å². The molecule has 296 valence electrons. The van der Waals surface area contributed by atoms with Crippen LogP contribution in [0.3, 0.4) is 0 Å². The van der Waals surface area contributed by atoms with Crippen molar-refractivity contribution in [1.82, 2.24) is 10.3 Å². The fourth-order valence-corrected chi connectivity index (χ4v) is 9.92. The number of rotatable bonds is 10. The molecule has 55 heavy (non-hydrogen) atoms. The minimum absolute atomic E-state index is 0.0510. The molecule has 13 nitrogen and oxygen atoms in total. The van der Waals surface area contributed by atoms with E-state index in [2.05, 4.69) is 10.3 Å². The number of carbonyl (C=O) groups excluding carboxylic acids is 5. The lowest BCUT2D eigenvalue weighted by Crippen LogP contribution is -2.68. The van der Waals surface area contributed by atoms with E-state index in [4.69, 9.17) is 28.4 Å². The Morgan fingerprint density at radius 2 is 1.58 bits per heavy atom. The first-order valence-corrected chi connectivity index (χ1v) is 18.9. The molecule has 6 rings (SSSR count). The molecular formula is C42H52N2O11. The van der Waals surface area contributed by atoms with Crippen molar-refractivity contribution in [3.8, 4) is 0 Å². The average Bonchev–Trinajstić information content (AvgIpc) is 3.91. The minimum atomic E-state index is -1.17. The second-order valence-electron chi connectivity index (χ2n) is 16.1. The molecule has 2 aromatic rings. The number of hydrogen-bond acceptors (Lipinski definition) is 13. The molecule has 1 aromatic heterocycles. The molecule has 0 unspecified atom stereocenters. The number of esters is 5. The summed E-state index contributed by atoms with van der Waals surface area (Å²) in [5.74, 6) is -4.07. The van der Waals surface area contributed by atoms with Crippen molar-refractivity contribution in [2.75, 3.05) is 13.7 Å². The van der Waals surface area contributed by atoms with Gasteiger partial charge in [0.15, 0.2) is 6.10 Å². The lowest BCUT2D eigenvalue weighted by atomic mass is 9.48. The molecule has 13 heteroatoms. The first-order chi connectivity index (χ1) is 26.0. The van der Waals surface area contributed by atoms with E-state index in [1.807, 2.05) is 58.0 Å². The summed E-state index contributed by atoms with van der Waals surface area (Å²) in [7, 11) is 1.78. The number of hydrogen-bond donors (Lipinski definition) is 1. The van der Waals surface area contributed by atoms with Crippen LogP contribution in [-0.2, 0) is 47.6 Å². The molecule has 2 heterocycles. The lowest BCUT2D eigenvalue weighted by molar-refractivity contribution is -0.223. The molecule has 3 aliphatic carbocycles. The third-order valence-corrected chi connectivity index (χ3v) is 12.4. The molecule has 1 aliphatic heterocycles. The maximum atomic E-state index is 14.1. The number of epoxide rings is 1. The second-order valence-corrected chi connectivity index (χ2v) is 16.1. The monoisotopic (exact) mass is 760 g/mol. The second kappa shape index (κ2) is 15.5. The highest BCUT2D eigenvalue weighted by molar-refractivity contribution is 5.89. The van der Waals surface area contributed by atoms with Crippen LogP contribution < -0.4 is 5.32 Å². The van der Waals surface area contributed by atoms with Gasteiger partial charge in [-0.05, 0) is 67.5 Å². The van der Waals surface area contributed by atoms with Crippen LogP contribution in [0.1, 0.15) is 96.1 Å². The molecule has 0 amide bonds. The Labute approximate surface area is 321 Å². The van der Waals surface area contributed by atoms with Gasteiger partial charge in [-0.15, -0.1) is 0 Å². The highest BCUT2D eigenvalue weighted by Gasteiger charge is 2.75. The number of nitrogens with zero attached hydrogens (tertiary/aromatic N) is 1. The molecular weight excluding hydrogens is 708 g/mol. The summed E-state index contributed by atoms with van der Waals surface area (Å²) in [6.07, 6.45) is -0.854. The fraction of sp³-hybridized carbons (Fsp3) is 0.571. The van der Waals surface area contributed by atoms with E-state index in [1.165, 1.54) is 27.0 Å². The normalized spacial score (nSPS) is 32.5. The summed E-state index contributed by atoms with van der Waals surface area (Å²) in [5.41, 5.74) is -0.743. The summed E-state index contributed by atoms with van der Waals surface area (Å²) in [6, 6.07) is 12.5. The van der Waals surface area contributed by atoms with Crippen LogP contribution >= 0.6 is 0 Å². The Morgan fingerprint density at radius 3 is 2.16 bits per heavy atom. The van der Waals surface area contributed by atoms with Gasteiger partial charge >= 0.3 is 29.8 Å². The molecule has 4 aliphatic rings. The highest BCUT2D eigenvalue weighted by Crippen LogP contribution is 2.65. The van der Waals surface area contributed by atoms with E-state index in [0.717, 1.165) is 5.56 Å². The van der Waals surface area contributed by atoms with E-state index in [-0.39, 0.29) is 31.1 Å². The summed E-state index contributed by atoms with van der Waals surface area (Å²) in [5, 5.41) is 3.21. The van der Waals surface area contributed by atoms with Gasteiger partial charge < -0.3 is 33.7 Å². The maximum absolute atomic E-state index is 14.1. The molecule has 3 fully saturated rings. The zero-order chi connectivity index (χ0) is 39.9. The predicted molar refractivity (Wildman–Crippen MR) is 197 cm³/mol. The quantitative estimate of drug-likeness (QED) is 0.145. The van der Waals surface area contributed by atoms with Crippen LogP contribution in [0.25, 0.3) is 0 Å². The fourth-order valence-electron chi connectivity index (χ4n) is 9.92. The van der Waals surface area contributed by atoms with Gasteiger partial charge in [0, 0.05) is 56.5 Å². The van der Waals surface area contributed by atoms with Gasteiger partial charge in [-0.1, -0.05) is 51.1 Å². The van der Waals surface area contributed by atoms with E-state index < -0.39 is 88.6 Å². The molecule has 2 bridgehead atoms. The van der Waals surface area contributed by atoms with Gasteiger partial charge in [-0.3, -0.25) is 24.2 Å². The van der Waals surface area contributed by atoms with E-state index in [1.54, 1.807) is 25.4 Å². The van der Waals surface area contributed by atoms with Gasteiger partial charge in [0.2, 0.25) is 0 Å². The topological polar surface area (TPSA) is 169 Å². The Hall–Kier alpha value is -4.62. The number of aromatic nitrogens is 1. The zero-order valence-electron chi connectivity index (χ0n) is 32.8. The Kier molecular flexibility index (Phi) is 11.3. The van der Waals surface area contributed by atoms with E-state index >= 15 is 0 Å². The first-order valence-electron chi connectivity index (χ1n) is 18.9. The Bertz CT molecular complexity index is 1820. The summed E-state index contributed by atoms with van der Waals surface area (Å²) in [6.45, 7) is 11.8. The number of fused-ring (bicyclic) bond motifs is 4. The Balaban J connectivity index is 1.51. The van der Waals surface area contributed by atoms with Crippen LogP contribution in [0.4, 0.5) is 0 Å². The average molecular weight is 761 g/mol. The lowest BCUT2D eigenvalue weighted by Gasteiger charge is -2.61. The molecule has 2 saturated carbocycles. The van der Waals surface area contributed by atoms with Crippen molar-refractivity contribution in [1.29, 1.82) is 0 Å². The predicted octanol–water partition coefficient (Wildman–Crippen LogP) is 5.23. The molecule has 0 radical (unpaired) electrons. The van der Waals surface area contributed by atoms with Crippen molar-refractivity contribution in [3.63, 3.8) is 0 Å². The van der Waals surface area contributed by atoms with Crippen molar-refractivity contribution in [3.05, 3.63) is 77.1 Å². The zero-order valence-corrected chi connectivity index (χ0v) is 32.8. The summed E-state index contributed by atoms with van der Waals surface area (Å²) >= 11 is 0. The maximum Gasteiger partial charge on any atom is 0.340 e. The smallest absolute Gasteiger partial charge is 0.340 e. The molecule has 10 atom stereocenters. The molecule has 1 aromatic carbocycles. The molecule has 1 N–H and O–H groups in total. The van der Waals surface area contributed by atoms with Gasteiger partial charge in [0.05, 0.1) is 18.6 Å². The van der Waals surface area contributed by atoms with Crippen LogP contribution in [0, 0.1) is 22.7 Å². The van der Waals surface area contributed by atoms with E-state index in [9.17, 15) is 24.0 Å². The van der Waals surface area contributed by atoms with Crippen LogP contribution in [0.2, 0.25) is 0 Å². The van der Waals surface area contributed by atoms with Crippen LogP contribution in [0.15, 0.2) is 66.0 Å². The van der Waals surface area contributed by atoms with E-state index in [0.29, 0.717) is 24.0 Å². The SMILES string of the molecule is CN[C@H](CC(=O)O[C@H]1CC[C@@]2(C)[C@@H](OC(=O)c3cccnc3)[C@H](OC(C)=O)C3=C(C)[C@@H](OC(C)=O)C[C@@H]([C@@H](OC(C)=O)[C@@H]2[C@@]12CO2)C3(C)C)c1ccccc1. The van der Waals surface area contributed by atoms with Crippen molar-refractivity contribution in [2.45, 2.75) is 116 Å². The first kappa shape index (κ1) is 40.1. The highest BCUT2D eigenvalue weighted by atomic mass is 16.6. The summed E-state index contributed by atoms with van der Waals surface area (Å²) < 4.78 is 37.9. The van der Waals surface area contributed by atoms with Crippen LogP contribution in [0.5, 0.6) is 0 Å². The minimum Gasteiger partial charge on any atom is -0.462 e. The van der Waals surface area contributed by atoms with Crippen molar-refractivity contribution >= 4 is 29.8 Å². The summed E-state index contributed by atoms with van der Waals surface area (Å²) in [4.78, 5) is 70.9. The number of benzene rings is 1. The van der Waals surface area contributed by atoms with Gasteiger partial charge in [-0.25, -0.2) is 4.79 Å². The number of pyridine rings is 1. The molecule has 1 spiro atoms. The largest absolute Gasteiger partial charge is 0.462 e. The van der Waals surface area contributed by atoms with Gasteiger partial charge in [0.1, 0.15) is 30.0 Å². The van der Waals surface area contributed by atoms with Crippen molar-refractivity contribution < 1.29 is 52.4 Å². The van der Waals surface area contributed by atoms with Gasteiger partial charge in [-0.2, -0.15) is 0 Å². The number of carbonyl (C=O) groups is 5. The standard InChI is InChI=1S/C42H52N2O11/c1-23-31(51-24(2)45)19-29-35(52-25(3)46)37-41(7,17-16-32(42(37)22-50-42)54-33(48)20-30(43-8)27-13-10-9-11-14-27)38(55-39(49)28-15-12-18-44-21-28)36(53-26(4)47)34(23)40(29,5)6/h9-15,18,21,29-32,35-38,43H,16-17,19-20,22H2,1-8H3/t29-,30+,31-,32-,35+,36+,37-,38-,41+,42+/m0/s1. The molecule has 1 saturated heterocycles.